The molecule has 1 fully saturated rings. The topological polar surface area (TPSA) is 38.3 Å². The van der Waals surface area contributed by atoms with Crippen LogP contribution >= 0.6 is 0 Å². The van der Waals surface area contributed by atoms with Gasteiger partial charge in [0.15, 0.2) is 0 Å². The van der Waals surface area contributed by atoms with Gasteiger partial charge in [0.25, 0.3) is 0 Å². The van der Waals surface area contributed by atoms with Crippen molar-refractivity contribution in [3.05, 3.63) is 29.8 Å². The number of amides is 1. The highest BCUT2D eigenvalue weighted by Crippen LogP contribution is 2.25. The predicted octanol–water partition coefficient (Wildman–Crippen LogP) is 3.43. The van der Waals surface area contributed by atoms with Crippen LogP contribution in [0, 0.1) is 5.92 Å². The Labute approximate surface area is 121 Å². The van der Waals surface area contributed by atoms with E-state index in [0.29, 0.717) is 13.0 Å². The first kappa shape index (κ1) is 15.7. The van der Waals surface area contributed by atoms with Gasteiger partial charge in [-0.05, 0) is 37.0 Å². The molecule has 1 aliphatic rings. The molecule has 1 saturated carbocycles. The van der Waals surface area contributed by atoms with Crippen LogP contribution in [0.2, 0.25) is 0 Å². The van der Waals surface area contributed by atoms with Crippen LogP contribution in [0.5, 0.6) is 5.75 Å². The van der Waals surface area contributed by atoms with Gasteiger partial charge in [0.2, 0.25) is 5.91 Å². The van der Waals surface area contributed by atoms with Crippen molar-refractivity contribution < 1.29 is 22.7 Å². The Morgan fingerprint density at radius 3 is 2.38 bits per heavy atom. The second kappa shape index (κ2) is 6.83. The number of benzene rings is 1. The number of hydrogen-bond acceptors (Lipinski definition) is 2. The first-order valence-electron chi connectivity index (χ1n) is 7.06. The van der Waals surface area contributed by atoms with Gasteiger partial charge in [-0.3, -0.25) is 4.79 Å². The van der Waals surface area contributed by atoms with Crippen LogP contribution in [-0.2, 0) is 11.2 Å². The zero-order valence-electron chi connectivity index (χ0n) is 11.6. The summed E-state index contributed by atoms with van der Waals surface area (Å²) in [5.41, 5.74) is 0.858. The van der Waals surface area contributed by atoms with Gasteiger partial charge in [-0.15, -0.1) is 13.2 Å². The van der Waals surface area contributed by atoms with E-state index < -0.39 is 6.36 Å². The minimum atomic E-state index is -4.67. The van der Waals surface area contributed by atoms with Crippen molar-refractivity contribution in [2.24, 2.45) is 5.92 Å². The van der Waals surface area contributed by atoms with Crippen molar-refractivity contribution in [1.82, 2.24) is 5.32 Å². The Balaban J connectivity index is 1.74. The molecule has 1 aliphatic carbocycles. The molecule has 6 heteroatoms. The molecule has 0 spiro atoms. The molecule has 0 heterocycles. The standard InChI is InChI=1S/C15H18F3NO2/c16-15(17,18)21-13-7-5-11(6-8-13)9-10-19-14(20)12-3-1-2-4-12/h5-8,12H,1-4,9-10H2,(H,19,20). The van der Waals surface area contributed by atoms with Crippen molar-refractivity contribution in [2.75, 3.05) is 6.54 Å². The SMILES string of the molecule is O=C(NCCc1ccc(OC(F)(F)F)cc1)C1CCCC1. The monoisotopic (exact) mass is 301 g/mol. The van der Waals surface area contributed by atoms with Crippen LogP contribution in [0.1, 0.15) is 31.2 Å². The summed E-state index contributed by atoms with van der Waals surface area (Å²) in [5, 5.41) is 2.88. The molecule has 1 N–H and O–H groups in total. The van der Waals surface area contributed by atoms with E-state index in [4.69, 9.17) is 0 Å². The number of carbonyl (C=O) groups is 1. The number of carbonyl (C=O) groups excluding carboxylic acids is 1. The first-order chi connectivity index (χ1) is 9.94. The molecule has 3 nitrogen and oxygen atoms in total. The molecule has 1 amide bonds. The summed E-state index contributed by atoms with van der Waals surface area (Å²) in [5.74, 6) is -0.0154. The van der Waals surface area contributed by atoms with Gasteiger partial charge in [-0.1, -0.05) is 25.0 Å². The van der Waals surface area contributed by atoms with E-state index >= 15 is 0 Å². The minimum absolute atomic E-state index is 0.0875. The Morgan fingerprint density at radius 1 is 1.19 bits per heavy atom. The fourth-order valence-corrected chi connectivity index (χ4v) is 2.52. The van der Waals surface area contributed by atoms with E-state index in [2.05, 4.69) is 10.1 Å². The van der Waals surface area contributed by atoms with Gasteiger partial charge in [-0.2, -0.15) is 0 Å². The van der Waals surface area contributed by atoms with Gasteiger partial charge in [0.05, 0.1) is 0 Å². The Bertz CT molecular complexity index is 465. The predicted molar refractivity (Wildman–Crippen MR) is 71.8 cm³/mol. The van der Waals surface area contributed by atoms with Gasteiger partial charge >= 0.3 is 6.36 Å². The summed E-state index contributed by atoms with van der Waals surface area (Å²) in [7, 11) is 0. The average molecular weight is 301 g/mol. The highest BCUT2D eigenvalue weighted by Gasteiger charge is 2.30. The number of ether oxygens (including phenoxy) is 1. The fourth-order valence-electron chi connectivity index (χ4n) is 2.52. The molecule has 0 atom stereocenters. The molecule has 0 aromatic heterocycles. The molecule has 0 unspecified atom stereocenters. The molecule has 1 aromatic rings. The van der Waals surface area contributed by atoms with Crippen LogP contribution < -0.4 is 10.1 Å². The van der Waals surface area contributed by atoms with E-state index in [0.717, 1.165) is 31.2 Å². The maximum absolute atomic E-state index is 12.0. The highest BCUT2D eigenvalue weighted by molar-refractivity contribution is 5.78. The van der Waals surface area contributed by atoms with Crippen molar-refractivity contribution in [3.63, 3.8) is 0 Å². The molecule has 2 rings (SSSR count). The Morgan fingerprint density at radius 2 is 1.81 bits per heavy atom. The van der Waals surface area contributed by atoms with Crippen LogP contribution in [0.4, 0.5) is 13.2 Å². The van der Waals surface area contributed by atoms with Crippen LogP contribution in [0.25, 0.3) is 0 Å². The average Bonchev–Trinajstić information content (AvgIpc) is 2.93. The van der Waals surface area contributed by atoms with Gasteiger partial charge < -0.3 is 10.1 Å². The maximum atomic E-state index is 12.0. The minimum Gasteiger partial charge on any atom is -0.406 e. The van der Waals surface area contributed by atoms with E-state index in [1.807, 2.05) is 0 Å². The molecule has 0 radical (unpaired) electrons. The highest BCUT2D eigenvalue weighted by atomic mass is 19.4. The summed E-state index contributed by atoms with van der Waals surface area (Å²) in [6.45, 7) is 0.495. The molecule has 1 aromatic carbocycles. The molecular formula is C15H18F3NO2. The number of alkyl halides is 3. The van der Waals surface area contributed by atoms with Crippen molar-refractivity contribution in [2.45, 2.75) is 38.5 Å². The van der Waals surface area contributed by atoms with E-state index in [9.17, 15) is 18.0 Å². The van der Waals surface area contributed by atoms with Crippen molar-refractivity contribution in [1.29, 1.82) is 0 Å². The summed E-state index contributed by atoms with van der Waals surface area (Å²) < 4.78 is 39.8. The normalized spacial score (nSPS) is 16.0. The third-order valence-corrected chi connectivity index (χ3v) is 3.60. The number of nitrogens with one attached hydrogen (secondary N) is 1. The van der Waals surface area contributed by atoms with Crippen LogP contribution in [-0.4, -0.2) is 18.8 Å². The van der Waals surface area contributed by atoms with E-state index in [-0.39, 0.29) is 17.6 Å². The molecule has 0 saturated heterocycles. The molecule has 0 bridgehead atoms. The molecular weight excluding hydrogens is 283 g/mol. The van der Waals surface area contributed by atoms with Gasteiger partial charge in [-0.25, -0.2) is 0 Å². The zero-order valence-corrected chi connectivity index (χ0v) is 11.6. The number of halogens is 3. The Hall–Kier alpha value is -1.72. The van der Waals surface area contributed by atoms with E-state index in [1.165, 1.54) is 12.1 Å². The lowest BCUT2D eigenvalue weighted by Crippen LogP contribution is -2.30. The van der Waals surface area contributed by atoms with Gasteiger partial charge in [0, 0.05) is 12.5 Å². The fraction of sp³-hybridized carbons (Fsp3) is 0.533. The molecule has 116 valence electrons. The second-order valence-corrected chi connectivity index (χ2v) is 5.21. The van der Waals surface area contributed by atoms with Crippen LogP contribution in [0.3, 0.4) is 0 Å². The third-order valence-electron chi connectivity index (χ3n) is 3.60. The lowest BCUT2D eigenvalue weighted by atomic mass is 10.1. The maximum Gasteiger partial charge on any atom is 0.573 e. The lowest BCUT2D eigenvalue weighted by Gasteiger charge is -2.11. The van der Waals surface area contributed by atoms with E-state index in [1.54, 1.807) is 12.1 Å². The Kier molecular flexibility index (Phi) is 5.09. The molecule has 21 heavy (non-hydrogen) atoms. The summed E-state index contributed by atoms with van der Waals surface area (Å²) >= 11 is 0. The largest absolute Gasteiger partial charge is 0.573 e. The first-order valence-corrected chi connectivity index (χ1v) is 7.06. The number of rotatable bonds is 5. The summed E-state index contributed by atoms with van der Waals surface area (Å²) in [6, 6.07) is 5.70. The third kappa shape index (κ3) is 5.28. The second-order valence-electron chi connectivity index (χ2n) is 5.21. The van der Waals surface area contributed by atoms with Crippen molar-refractivity contribution in [3.8, 4) is 5.75 Å². The quantitative estimate of drug-likeness (QED) is 0.905. The van der Waals surface area contributed by atoms with Crippen molar-refractivity contribution >= 4 is 5.91 Å². The summed E-state index contributed by atoms with van der Waals surface area (Å²) in [6.07, 6.45) is 0.0453. The smallest absolute Gasteiger partial charge is 0.406 e. The zero-order chi connectivity index (χ0) is 15.3. The van der Waals surface area contributed by atoms with Gasteiger partial charge in [0.1, 0.15) is 5.75 Å². The number of hydrogen-bond donors (Lipinski definition) is 1. The summed E-state index contributed by atoms with van der Waals surface area (Å²) in [4.78, 5) is 11.8. The lowest BCUT2D eigenvalue weighted by molar-refractivity contribution is -0.274. The van der Waals surface area contributed by atoms with Crippen LogP contribution in [0.15, 0.2) is 24.3 Å². The molecule has 0 aliphatic heterocycles.